The second-order valence-corrected chi connectivity index (χ2v) is 7.58. The fourth-order valence-corrected chi connectivity index (χ4v) is 3.29. The van der Waals surface area contributed by atoms with Gasteiger partial charge in [0.15, 0.2) is 5.82 Å². The average molecular weight is 427 g/mol. The highest BCUT2D eigenvalue weighted by molar-refractivity contribution is 7.98. The van der Waals surface area contributed by atoms with Gasteiger partial charge >= 0.3 is 0 Å². The topological polar surface area (TPSA) is 46.9 Å². The number of halogens is 3. The van der Waals surface area contributed by atoms with E-state index >= 15 is 0 Å². The minimum Gasteiger partial charge on any atom is -0.304 e. The van der Waals surface area contributed by atoms with E-state index in [1.54, 1.807) is 23.0 Å². The lowest BCUT2D eigenvalue weighted by atomic mass is 10.2. The number of amides is 1. The number of hydrogen-bond donors (Lipinski definition) is 1. The molecule has 0 aliphatic heterocycles. The van der Waals surface area contributed by atoms with Crippen molar-refractivity contribution in [1.29, 1.82) is 0 Å². The Bertz CT molecular complexity index is 941. The highest BCUT2D eigenvalue weighted by atomic mass is 35.5. The normalized spacial score (nSPS) is 10.8. The van der Waals surface area contributed by atoms with Crippen LogP contribution in [0.4, 0.5) is 5.82 Å². The summed E-state index contributed by atoms with van der Waals surface area (Å²) in [7, 11) is 0. The molecule has 8 heteroatoms. The van der Waals surface area contributed by atoms with E-state index in [0.717, 1.165) is 10.5 Å². The summed E-state index contributed by atoms with van der Waals surface area (Å²) in [6.07, 6.45) is 3.59. The molecule has 134 valence electrons. The maximum Gasteiger partial charge on any atom is 0.258 e. The molecule has 1 N–H and O–H groups in total. The number of aromatic nitrogens is 2. The van der Waals surface area contributed by atoms with Crippen LogP contribution in [0.1, 0.15) is 15.9 Å². The first kappa shape index (κ1) is 19.1. The first-order valence-corrected chi connectivity index (χ1v) is 9.94. The monoisotopic (exact) mass is 425 g/mol. The Labute approximate surface area is 170 Å². The average Bonchev–Trinajstić information content (AvgIpc) is 2.96. The molecule has 0 fully saturated rings. The smallest absolute Gasteiger partial charge is 0.258 e. The predicted molar refractivity (Wildman–Crippen MR) is 109 cm³/mol. The summed E-state index contributed by atoms with van der Waals surface area (Å²) in [4.78, 5) is 13.5. The van der Waals surface area contributed by atoms with Crippen molar-refractivity contribution in [1.82, 2.24) is 9.78 Å². The van der Waals surface area contributed by atoms with Gasteiger partial charge in [-0.1, -0.05) is 46.9 Å². The van der Waals surface area contributed by atoms with Crippen LogP contribution in [0.25, 0.3) is 0 Å². The van der Waals surface area contributed by atoms with E-state index in [1.165, 1.54) is 11.8 Å². The Morgan fingerprint density at radius 2 is 1.85 bits per heavy atom. The first-order chi connectivity index (χ1) is 12.5. The lowest BCUT2D eigenvalue weighted by molar-refractivity contribution is 0.102. The molecule has 1 heterocycles. The van der Waals surface area contributed by atoms with Crippen molar-refractivity contribution in [2.24, 2.45) is 0 Å². The van der Waals surface area contributed by atoms with E-state index in [1.807, 2.05) is 36.6 Å². The molecule has 26 heavy (non-hydrogen) atoms. The van der Waals surface area contributed by atoms with Crippen molar-refractivity contribution >= 4 is 58.3 Å². The Morgan fingerprint density at radius 1 is 1.12 bits per heavy atom. The molecule has 0 radical (unpaired) electrons. The molecule has 0 atom stereocenters. The number of hydrogen-bond acceptors (Lipinski definition) is 3. The molecule has 0 unspecified atom stereocenters. The van der Waals surface area contributed by atoms with Gasteiger partial charge in [0.05, 0.1) is 17.1 Å². The molecule has 0 spiro atoms. The zero-order valence-corrected chi connectivity index (χ0v) is 16.8. The zero-order chi connectivity index (χ0) is 18.7. The Balaban J connectivity index is 1.77. The lowest BCUT2D eigenvalue weighted by Gasteiger charge is -2.07. The Kier molecular flexibility index (Phi) is 6.14. The summed E-state index contributed by atoms with van der Waals surface area (Å²) in [5.41, 5.74) is 1.39. The van der Waals surface area contributed by atoms with Crippen molar-refractivity contribution in [3.63, 3.8) is 0 Å². The molecule has 0 aliphatic carbocycles. The van der Waals surface area contributed by atoms with Gasteiger partial charge in [0, 0.05) is 16.1 Å². The van der Waals surface area contributed by atoms with Crippen LogP contribution >= 0.6 is 46.6 Å². The van der Waals surface area contributed by atoms with Gasteiger partial charge in [-0.25, -0.2) is 0 Å². The molecule has 0 saturated heterocycles. The number of nitrogens with zero attached hydrogens (tertiary/aromatic N) is 2. The van der Waals surface area contributed by atoms with Crippen LogP contribution in [0.3, 0.4) is 0 Å². The van der Waals surface area contributed by atoms with Crippen LogP contribution in [0.5, 0.6) is 0 Å². The third kappa shape index (κ3) is 4.54. The number of thioether (sulfide) groups is 1. The van der Waals surface area contributed by atoms with E-state index in [2.05, 4.69) is 10.4 Å². The number of carbonyl (C=O) groups is 1. The van der Waals surface area contributed by atoms with E-state index in [0.29, 0.717) is 27.2 Å². The highest BCUT2D eigenvalue weighted by Crippen LogP contribution is 2.26. The first-order valence-electron chi connectivity index (χ1n) is 7.58. The Morgan fingerprint density at radius 3 is 2.54 bits per heavy atom. The Hall–Kier alpha value is -1.66. The van der Waals surface area contributed by atoms with Gasteiger partial charge in [-0.15, -0.1) is 11.8 Å². The molecule has 1 aromatic heterocycles. The molecule has 3 rings (SSSR count). The number of nitrogens with one attached hydrogen (secondary N) is 1. The van der Waals surface area contributed by atoms with Gasteiger partial charge in [-0.2, -0.15) is 5.10 Å². The van der Waals surface area contributed by atoms with Crippen LogP contribution in [0.15, 0.2) is 53.6 Å². The zero-order valence-electron chi connectivity index (χ0n) is 13.7. The summed E-state index contributed by atoms with van der Waals surface area (Å²) in [6, 6.07) is 12.7. The molecule has 0 aliphatic rings. The molecular weight excluding hydrogens is 413 g/mol. The molecule has 2 aromatic carbocycles. The maximum atomic E-state index is 12.5. The number of rotatable bonds is 5. The van der Waals surface area contributed by atoms with Crippen LogP contribution < -0.4 is 5.32 Å². The maximum absolute atomic E-state index is 12.5. The van der Waals surface area contributed by atoms with Gasteiger partial charge in [0.2, 0.25) is 0 Å². The van der Waals surface area contributed by atoms with Gasteiger partial charge in [-0.3, -0.25) is 9.48 Å². The van der Waals surface area contributed by atoms with E-state index in [-0.39, 0.29) is 11.7 Å². The summed E-state index contributed by atoms with van der Waals surface area (Å²) < 4.78 is 1.65. The largest absolute Gasteiger partial charge is 0.304 e. The summed E-state index contributed by atoms with van der Waals surface area (Å²) >= 11 is 19.8. The summed E-state index contributed by atoms with van der Waals surface area (Å²) in [5, 5.41) is 8.45. The van der Waals surface area contributed by atoms with Crippen molar-refractivity contribution in [3.8, 4) is 0 Å². The molecule has 3 aromatic rings. The number of benzene rings is 2. The van der Waals surface area contributed by atoms with Crippen molar-refractivity contribution in [3.05, 3.63) is 74.9 Å². The quantitative estimate of drug-likeness (QED) is 0.519. The van der Waals surface area contributed by atoms with E-state index in [9.17, 15) is 4.79 Å². The van der Waals surface area contributed by atoms with E-state index in [4.69, 9.17) is 34.8 Å². The van der Waals surface area contributed by atoms with Crippen LogP contribution in [0, 0.1) is 0 Å². The fraction of sp³-hybridized carbons (Fsp3) is 0.111. The van der Waals surface area contributed by atoms with Crippen LogP contribution in [-0.4, -0.2) is 21.9 Å². The van der Waals surface area contributed by atoms with Crippen LogP contribution in [-0.2, 0) is 6.54 Å². The van der Waals surface area contributed by atoms with Gasteiger partial charge in [0.1, 0.15) is 5.02 Å². The minimum absolute atomic E-state index is 0.288. The van der Waals surface area contributed by atoms with Crippen molar-refractivity contribution in [2.45, 2.75) is 11.4 Å². The standard InChI is InChI=1S/C18H14Cl3N3OS/c1-26-13-6-7-15(20)14(8-13)18(25)22-17-16(21)10-24(23-17)9-11-2-4-12(19)5-3-11/h2-8,10H,9H2,1H3,(H,22,23,25). The number of carbonyl (C=O) groups excluding carboxylic acids is 1. The summed E-state index contributed by atoms with van der Waals surface area (Å²) in [6.45, 7) is 0.509. The van der Waals surface area contributed by atoms with E-state index < -0.39 is 0 Å². The number of anilines is 1. The molecular formula is C18H14Cl3N3OS. The van der Waals surface area contributed by atoms with Gasteiger partial charge in [-0.05, 0) is 42.2 Å². The second kappa shape index (κ2) is 8.35. The third-order valence-corrected chi connectivity index (χ3v) is 5.21. The van der Waals surface area contributed by atoms with Crippen LogP contribution in [0.2, 0.25) is 15.1 Å². The molecule has 0 saturated carbocycles. The van der Waals surface area contributed by atoms with Gasteiger partial charge in [0.25, 0.3) is 5.91 Å². The highest BCUT2D eigenvalue weighted by Gasteiger charge is 2.15. The lowest BCUT2D eigenvalue weighted by Crippen LogP contribution is -2.14. The van der Waals surface area contributed by atoms with Crippen molar-refractivity contribution in [2.75, 3.05) is 11.6 Å². The summed E-state index contributed by atoms with van der Waals surface area (Å²) in [5.74, 6) is -0.0687. The predicted octanol–water partition coefficient (Wildman–Crippen LogP) is 5.87. The molecule has 1 amide bonds. The fourth-order valence-electron chi connectivity index (χ4n) is 2.32. The third-order valence-electron chi connectivity index (χ3n) is 3.62. The molecule has 4 nitrogen and oxygen atoms in total. The van der Waals surface area contributed by atoms with Gasteiger partial charge < -0.3 is 5.32 Å². The molecule has 0 bridgehead atoms. The minimum atomic E-state index is -0.357. The van der Waals surface area contributed by atoms with Crippen molar-refractivity contribution < 1.29 is 4.79 Å². The SMILES string of the molecule is CSc1ccc(Cl)c(C(=O)Nc2nn(Cc3ccc(Cl)cc3)cc2Cl)c1. The second-order valence-electron chi connectivity index (χ2n) is 5.45.